The Morgan fingerprint density at radius 2 is 1.20 bits per heavy atom. The number of hydrogen-bond acceptors (Lipinski definition) is 2. The van der Waals surface area contributed by atoms with Crippen LogP contribution in [0.2, 0.25) is 10.0 Å². The Kier molecular flexibility index (Phi) is 1.92. The number of benzene rings is 1. The molecule has 0 bridgehead atoms. The number of nitrogens with two attached hydrogens (primary N) is 2. The van der Waals surface area contributed by atoms with Crippen molar-refractivity contribution < 1.29 is 0 Å². The molecule has 4 N–H and O–H groups in total. The van der Waals surface area contributed by atoms with Gasteiger partial charge in [0, 0.05) is 0 Å². The highest BCUT2D eigenvalue weighted by atomic mass is 35.5. The summed E-state index contributed by atoms with van der Waals surface area (Å²) in [5, 5.41) is 0.865. The van der Waals surface area contributed by atoms with Crippen LogP contribution >= 0.6 is 23.2 Å². The lowest BCUT2D eigenvalue weighted by molar-refractivity contribution is 1.66. The first-order chi connectivity index (χ1) is 4.63. The maximum atomic E-state index is 5.62. The molecule has 0 amide bonds. The van der Waals surface area contributed by atoms with Gasteiger partial charge in [0.25, 0.3) is 0 Å². The molecule has 0 saturated carbocycles. The third-order valence-corrected chi connectivity index (χ3v) is 1.84. The number of hydrogen-bond donors (Lipinski definition) is 2. The van der Waals surface area contributed by atoms with Gasteiger partial charge in [-0.3, -0.25) is 0 Å². The summed E-state index contributed by atoms with van der Waals surface area (Å²) < 4.78 is 0. The van der Waals surface area contributed by atoms with E-state index in [0.29, 0.717) is 21.4 Å². The molecule has 0 heterocycles. The van der Waals surface area contributed by atoms with Gasteiger partial charge in [0.15, 0.2) is 0 Å². The lowest BCUT2D eigenvalue weighted by atomic mass is 10.3. The maximum absolute atomic E-state index is 5.62. The minimum absolute atomic E-state index is 0.342. The summed E-state index contributed by atoms with van der Waals surface area (Å²) in [5.74, 6) is 0. The van der Waals surface area contributed by atoms with Crippen LogP contribution in [-0.2, 0) is 0 Å². The van der Waals surface area contributed by atoms with Crippen molar-refractivity contribution in [2.75, 3.05) is 11.5 Å². The zero-order valence-corrected chi connectivity index (χ0v) is 6.58. The SMILES string of the molecule is Nc1c(Cl)ccc(Cl)c1N. The summed E-state index contributed by atoms with van der Waals surface area (Å²) in [6, 6.07) is 3.21. The van der Waals surface area contributed by atoms with Crippen LogP contribution in [0.4, 0.5) is 11.4 Å². The highest BCUT2D eigenvalue weighted by Gasteiger charge is 2.02. The van der Waals surface area contributed by atoms with Crippen LogP contribution in [-0.4, -0.2) is 0 Å². The molecule has 0 saturated heterocycles. The van der Waals surface area contributed by atoms with E-state index < -0.39 is 0 Å². The molecule has 0 aliphatic carbocycles. The van der Waals surface area contributed by atoms with Gasteiger partial charge < -0.3 is 11.5 Å². The summed E-state index contributed by atoms with van der Waals surface area (Å²) in [6.45, 7) is 0. The topological polar surface area (TPSA) is 52.0 Å². The molecule has 0 unspecified atom stereocenters. The second-order valence-electron chi connectivity index (χ2n) is 1.86. The molecule has 54 valence electrons. The van der Waals surface area contributed by atoms with Crippen molar-refractivity contribution in [2.45, 2.75) is 0 Å². The Bertz CT molecular complexity index is 233. The van der Waals surface area contributed by atoms with E-state index in [1.807, 2.05) is 0 Å². The van der Waals surface area contributed by atoms with Gasteiger partial charge >= 0.3 is 0 Å². The van der Waals surface area contributed by atoms with Crippen LogP contribution in [0.1, 0.15) is 0 Å². The minimum Gasteiger partial charge on any atom is -0.396 e. The van der Waals surface area contributed by atoms with Crippen LogP contribution in [0.3, 0.4) is 0 Å². The molecule has 0 radical (unpaired) electrons. The third-order valence-electron chi connectivity index (χ3n) is 1.18. The highest BCUT2D eigenvalue weighted by Crippen LogP contribution is 2.30. The first-order valence-corrected chi connectivity index (χ1v) is 3.37. The summed E-state index contributed by atoms with van der Waals surface area (Å²) in [4.78, 5) is 0. The molecule has 4 heteroatoms. The van der Waals surface area contributed by atoms with E-state index in [1.165, 1.54) is 0 Å². The molecular formula is C6H6Cl2N2. The molecule has 0 fully saturated rings. The van der Waals surface area contributed by atoms with E-state index in [2.05, 4.69) is 0 Å². The monoisotopic (exact) mass is 176 g/mol. The Hall–Kier alpha value is -0.600. The van der Waals surface area contributed by atoms with Crippen LogP contribution in [0.15, 0.2) is 12.1 Å². The van der Waals surface area contributed by atoms with E-state index in [4.69, 9.17) is 34.7 Å². The fourth-order valence-electron chi connectivity index (χ4n) is 0.583. The zero-order chi connectivity index (χ0) is 7.72. The predicted molar refractivity (Wildman–Crippen MR) is 45.3 cm³/mol. The number of anilines is 2. The van der Waals surface area contributed by atoms with Crippen molar-refractivity contribution in [2.24, 2.45) is 0 Å². The number of halogens is 2. The van der Waals surface area contributed by atoms with Gasteiger partial charge in [0.1, 0.15) is 0 Å². The second-order valence-corrected chi connectivity index (χ2v) is 2.67. The molecule has 0 atom stereocenters. The fourth-order valence-corrected chi connectivity index (χ4v) is 0.913. The summed E-state index contributed by atoms with van der Waals surface area (Å²) in [5.41, 5.74) is 11.6. The first-order valence-electron chi connectivity index (χ1n) is 2.62. The lowest BCUT2D eigenvalue weighted by Crippen LogP contribution is -1.95. The summed E-state index contributed by atoms with van der Waals surface area (Å²) in [6.07, 6.45) is 0. The third kappa shape index (κ3) is 1.13. The van der Waals surface area contributed by atoms with Crippen molar-refractivity contribution in [3.05, 3.63) is 22.2 Å². The summed E-state index contributed by atoms with van der Waals surface area (Å²) in [7, 11) is 0. The largest absolute Gasteiger partial charge is 0.396 e. The molecule has 0 spiro atoms. The quantitative estimate of drug-likeness (QED) is 0.596. The van der Waals surface area contributed by atoms with Crippen molar-refractivity contribution in [3.63, 3.8) is 0 Å². The van der Waals surface area contributed by atoms with E-state index in [-0.39, 0.29) is 0 Å². The molecule has 1 aromatic rings. The Morgan fingerprint density at radius 3 is 1.50 bits per heavy atom. The van der Waals surface area contributed by atoms with Crippen molar-refractivity contribution in [1.82, 2.24) is 0 Å². The van der Waals surface area contributed by atoms with E-state index in [0.717, 1.165) is 0 Å². The highest BCUT2D eigenvalue weighted by molar-refractivity contribution is 6.37. The molecular weight excluding hydrogens is 171 g/mol. The van der Waals surface area contributed by atoms with Crippen molar-refractivity contribution >= 4 is 34.6 Å². The molecule has 0 aliphatic heterocycles. The van der Waals surface area contributed by atoms with Gasteiger partial charge in [-0.1, -0.05) is 23.2 Å². The van der Waals surface area contributed by atoms with Gasteiger partial charge in [0.2, 0.25) is 0 Å². The minimum atomic E-state index is 0.342. The fraction of sp³-hybridized carbons (Fsp3) is 0. The Balaban J connectivity index is 3.34. The van der Waals surface area contributed by atoms with Gasteiger partial charge in [-0.25, -0.2) is 0 Å². The molecule has 1 aromatic carbocycles. The predicted octanol–water partition coefficient (Wildman–Crippen LogP) is 2.16. The Labute approximate surface area is 68.7 Å². The van der Waals surface area contributed by atoms with Gasteiger partial charge in [-0.05, 0) is 12.1 Å². The molecule has 1 rings (SSSR count). The average molecular weight is 177 g/mol. The van der Waals surface area contributed by atoms with Gasteiger partial charge in [0.05, 0.1) is 21.4 Å². The van der Waals surface area contributed by atoms with E-state index >= 15 is 0 Å². The van der Waals surface area contributed by atoms with Gasteiger partial charge in [-0.2, -0.15) is 0 Å². The Morgan fingerprint density at radius 1 is 0.900 bits per heavy atom. The lowest BCUT2D eigenvalue weighted by Gasteiger charge is -2.02. The van der Waals surface area contributed by atoms with Gasteiger partial charge in [-0.15, -0.1) is 0 Å². The van der Waals surface area contributed by atoms with Crippen molar-refractivity contribution in [3.8, 4) is 0 Å². The van der Waals surface area contributed by atoms with Crippen LogP contribution in [0.25, 0.3) is 0 Å². The summed E-state index contributed by atoms with van der Waals surface area (Å²) >= 11 is 11.2. The normalized spacial score (nSPS) is 9.80. The smallest absolute Gasteiger partial charge is 0.0752 e. The molecule has 0 aromatic heterocycles. The molecule has 10 heavy (non-hydrogen) atoms. The van der Waals surface area contributed by atoms with E-state index in [9.17, 15) is 0 Å². The second kappa shape index (κ2) is 2.56. The maximum Gasteiger partial charge on any atom is 0.0752 e. The molecule has 2 nitrogen and oxygen atoms in total. The van der Waals surface area contributed by atoms with Crippen molar-refractivity contribution in [1.29, 1.82) is 0 Å². The standard InChI is InChI=1S/C6H6Cl2N2/c7-3-1-2-4(8)6(10)5(3)9/h1-2H,9-10H2. The number of nitrogen functional groups attached to an aromatic ring is 2. The van der Waals surface area contributed by atoms with Crippen LogP contribution < -0.4 is 11.5 Å². The first kappa shape index (κ1) is 7.51. The number of rotatable bonds is 0. The van der Waals surface area contributed by atoms with Crippen LogP contribution in [0, 0.1) is 0 Å². The van der Waals surface area contributed by atoms with Crippen LogP contribution in [0.5, 0.6) is 0 Å². The van der Waals surface area contributed by atoms with E-state index in [1.54, 1.807) is 12.1 Å². The molecule has 0 aliphatic rings. The zero-order valence-electron chi connectivity index (χ0n) is 5.07. The average Bonchev–Trinajstić information content (AvgIpc) is 1.93.